The van der Waals surface area contributed by atoms with E-state index in [1.165, 1.54) is 0 Å². The predicted molar refractivity (Wildman–Crippen MR) is 117 cm³/mol. The molecule has 0 aliphatic heterocycles. The summed E-state index contributed by atoms with van der Waals surface area (Å²) in [5.74, 6) is -2.92. The second-order valence-corrected chi connectivity index (χ2v) is 7.82. The Hall–Kier alpha value is -2.79. The zero-order valence-corrected chi connectivity index (χ0v) is 23.5. The molecule has 168 valence electrons. The van der Waals surface area contributed by atoms with Crippen LogP contribution in [0.2, 0.25) is 0 Å². The molecule has 4 aromatic rings. The van der Waals surface area contributed by atoms with E-state index in [0.717, 1.165) is 4.90 Å². The molecule has 1 aliphatic carbocycles. The van der Waals surface area contributed by atoms with Gasteiger partial charge in [0.15, 0.2) is 11.6 Å². The Kier molecular flexibility index (Phi) is 8.55. The normalized spacial score (nSPS) is 11.7. The summed E-state index contributed by atoms with van der Waals surface area (Å²) in [6, 6.07) is 16.3. The fourth-order valence-corrected chi connectivity index (χ4v) is 4.17. The van der Waals surface area contributed by atoms with Gasteiger partial charge in [0, 0.05) is 27.9 Å². The van der Waals surface area contributed by atoms with Crippen LogP contribution < -0.4 is 74.2 Å². The van der Waals surface area contributed by atoms with Gasteiger partial charge < -0.3 is 29.7 Å². The van der Waals surface area contributed by atoms with Crippen LogP contribution in [0, 0.1) is 0 Å². The van der Waals surface area contributed by atoms with Gasteiger partial charge in [0.2, 0.25) is 0 Å². The Morgan fingerprint density at radius 3 is 1.94 bits per heavy atom. The van der Waals surface area contributed by atoms with Gasteiger partial charge in [-0.2, -0.15) is 0 Å². The SMILES string of the molecule is O=C([O-])CN(CC(=O)[O-])c1ccc(-c2nc3c4c(ccc3[nH]2)C(=O)c2ccccc2C4=O)cc1.[Na+].[Na+]. The predicted octanol–water partition coefficient (Wildman–Crippen LogP) is -5.68. The first-order valence-electron chi connectivity index (χ1n) is 10.3. The molecule has 1 aromatic heterocycles. The third-order valence-electron chi connectivity index (χ3n) is 5.69. The smallest absolute Gasteiger partial charge is 0.548 e. The number of nitrogens with one attached hydrogen (secondary N) is 1. The molecule has 1 aliphatic rings. The number of aliphatic carboxylic acids is 2. The molecule has 0 saturated carbocycles. The number of hydrogen-bond donors (Lipinski definition) is 1. The molecule has 11 heteroatoms. The van der Waals surface area contributed by atoms with Gasteiger partial charge in [0.1, 0.15) is 11.3 Å². The van der Waals surface area contributed by atoms with Crippen molar-refractivity contribution in [3.63, 3.8) is 0 Å². The number of aromatic nitrogens is 2. The minimum atomic E-state index is -1.42. The zero-order valence-electron chi connectivity index (χ0n) is 19.5. The maximum absolute atomic E-state index is 13.2. The molecule has 0 fully saturated rings. The molecule has 5 rings (SSSR count). The molecule has 0 unspecified atom stereocenters. The minimum Gasteiger partial charge on any atom is -0.548 e. The van der Waals surface area contributed by atoms with Crippen molar-refractivity contribution in [3.8, 4) is 11.4 Å². The number of nitrogens with zero attached hydrogens (tertiary/aromatic N) is 2. The Balaban J connectivity index is 0.00000180. The van der Waals surface area contributed by atoms with Gasteiger partial charge >= 0.3 is 59.1 Å². The van der Waals surface area contributed by atoms with E-state index in [1.54, 1.807) is 60.7 Å². The van der Waals surface area contributed by atoms with Gasteiger partial charge in [-0.05, 0) is 36.4 Å². The molecular formula is C25H15N3Na2O6. The summed E-state index contributed by atoms with van der Waals surface area (Å²) >= 11 is 0. The van der Waals surface area contributed by atoms with E-state index in [9.17, 15) is 29.4 Å². The Labute approximate surface area is 249 Å². The largest absolute Gasteiger partial charge is 1.00 e. The van der Waals surface area contributed by atoms with Gasteiger partial charge in [-0.3, -0.25) is 9.59 Å². The first-order valence-corrected chi connectivity index (χ1v) is 10.3. The number of rotatable bonds is 6. The summed E-state index contributed by atoms with van der Waals surface area (Å²) in [7, 11) is 0. The van der Waals surface area contributed by atoms with Crippen molar-refractivity contribution in [3.05, 3.63) is 82.9 Å². The number of aromatic amines is 1. The van der Waals surface area contributed by atoms with E-state index in [-0.39, 0.29) is 76.2 Å². The molecule has 0 amide bonds. The Morgan fingerprint density at radius 1 is 0.778 bits per heavy atom. The van der Waals surface area contributed by atoms with Crippen molar-refractivity contribution < 1.29 is 88.5 Å². The van der Waals surface area contributed by atoms with Gasteiger partial charge in [0.25, 0.3) is 0 Å². The fourth-order valence-electron chi connectivity index (χ4n) is 4.17. The summed E-state index contributed by atoms with van der Waals surface area (Å²) in [6.45, 7) is -1.22. The number of carbonyl (C=O) groups is 4. The molecule has 0 radical (unpaired) electrons. The molecule has 1 heterocycles. The monoisotopic (exact) mass is 499 g/mol. The number of benzene rings is 3. The van der Waals surface area contributed by atoms with Crippen molar-refractivity contribution in [2.45, 2.75) is 0 Å². The van der Waals surface area contributed by atoms with E-state index in [2.05, 4.69) is 9.97 Å². The molecule has 36 heavy (non-hydrogen) atoms. The molecule has 0 spiro atoms. The minimum absolute atomic E-state index is 0. The Morgan fingerprint density at radius 2 is 1.36 bits per heavy atom. The van der Waals surface area contributed by atoms with E-state index in [0.29, 0.717) is 44.8 Å². The van der Waals surface area contributed by atoms with Crippen molar-refractivity contribution in [1.82, 2.24) is 9.97 Å². The van der Waals surface area contributed by atoms with Gasteiger partial charge in [0.05, 0.1) is 36.1 Å². The molecule has 9 nitrogen and oxygen atoms in total. The first kappa shape index (κ1) is 27.8. The van der Waals surface area contributed by atoms with Crippen LogP contribution in [-0.4, -0.2) is 46.6 Å². The van der Waals surface area contributed by atoms with Crippen molar-refractivity contribution in [1.29, 1.82) is 0 Å². The van der Waals surface area contributed by atoms with Gasteiger partial charge in [-0.1, -0.05) is 24.3 Å². The summed E-state index contributed by atoms with van der Waals surface area (Å²) in [5, 5.41) is 21.9. The molecular weight excluding hydrogens is 484 g/mol. The van der Waals surface area contributed by atoms with E-state index in [4.69, 9.17) is 0 Å². The van der Waals surface area contributed by atoms with Crippen LogP contribution in [0.4, 0.5) is 5.69 Å². The number of fused-ring (bicyclic) bond motifs is 4. The van der Waals surface area contributed by atoms with Crippen LogP contribution in [0.1, 0.15) is 31.8 Å². The molecule has 0 atom stereocenters. The average molecular weight is 499 g/mol. The molecule has 1 N–H and O–H groups in total. The number of ketones is 2. The van der Waals surface area contributed by atoms with E-state index >= 15 is 0 Å². The summed E-state index contributed by atoms with van der Waals surface area (Å²) in [6.07, 6.45) is 0. The first-order chi connectivity index (χ1) is 16.3. The number of imidazole rings is 1. The second kappa shape index (κ2) is 11.1. The van der Waals surface area contributed by atoms with Crippen molar-refractivity contribution in [2.75, 3.05) is 18.0 Å². The molecule has 3 aromatic carbocycles. The fraction of sp³-hybridized carbons (Fsp3) is 0.0800. The number of carboxylic acids is 2. The molecule has 0 saturated heterocycles. The van der Waals surface area contributed by atoms with Crippen LogP contribution >= 0.6 is 0 Å². The number of anilines is 1. The maximum Gasteiger partial charge on any atom is 1.00 e. The van der Waals surface area contributed by atoms with E-state index < -0.39 is 25.0 Å². The third kappa shape index (κ3) is 5.04. The number of hydrogen-bond acceptors (Lipinski definition) is 8. The van der Waals surface area contributed by atoms with Gasteiger partial charge in [-0.25, -0.2) is 4.98 Å². The number of carboxylic acid groups (broad SMARTS) is 2. The zero-order chi connectivity index (χ0) is 24.0. The van der Waals surface area contributed by atoms with E-state index in [1.807, 2.05) is 0 Å². The number of carbonyl (C=O) groups excluding carboxylic acids is 4. The van der Waals surface area contributed by atoms with Crippen LogP contribution in [-0.2, 0) is 9.59 Å². The summed E-state index contributed by atoms with van der Waals surface area (Å²) < 4.78 is 0. The summed E-state index contributed by atoms with van der Waals surface area (Å²) in [5.41, 5.74) is 3.16. The van der Waals surface area contributed by atoms with Crippen LogP contribution in [0.25, 0.3) is 22.4 Å². The maximum atomic E-state index is 13.2. The van der Waals surface area contributed by atoms with Crippen LogP contribution in [0.15, 0.2) is 60.7 Å². The summed E-state index contributed by atoms with van der Waals surface area (Å²) in [4.78, 5) is 56.9. The standard InChI is InChI=1S/C25H17N3O6.2Na/c29-19(30)11-28(12-20(31)32)14-7-5-13(6-8-14)25-26-18-10-9-17-21(22(18)27-25)24(34)16-4-2-1-3-15(16)23(17)33;;/h1-10H,11-12H2,(H,26,27)(H,29,30)(H,31,32);;/q;2*+1/p-2. The quantitative estimate of drug-likeness (QED) is 0.228. The molecule has 0 bridgehead atoms. The van der Waals surface area contributed by atoms with Crippen LogP contribution in [0.5, 0.6) is 0 Å². The van der Waals surface area contributed by atoms with Gasteiger partial charge in [-0.15, -0.1) is 0 Å². The topological polar surface area (TPSA) is 146 Å². The second-order valence-electron chi connectivity index (χ2n) is 7.82. The van der Waals surface area contributed by atoms with Crippen molar-refractivity contribution in [2.24, 2.45) is 0 Å². The number of H-pyrrole nitrogens is 1. The van der Waals surface area contributed by atoms with Crippen molar-refractivity contribution >= 4 is 40.2 Å². The average Bonchev–Trinajstić information content (AvgIpc) is 3.26. The Bertz CT molecular complexity index is 1500. The third-order valence-corrected chi connectivity index (χ3v) is 5.69. The van der Waals surface area contributed by atoms with Crippen LogP contribution in [0.3, 0.4) is 0 Å².